The molecule has 3 nitrogen and oxygen atoms in total. The van der Waals surface area contributed by atoms with Gasteiger partial charge in [0.1, 0.15) is 0 Å². The third-order valence-electron chi connectivity index (χ3n) is 1.68. The van der Waals surface area contributed by atoms with Gasteiger partial charge >= 0.3 is 5.76 Å². The van der Waals surface area contributed by atoms with Gasteiger partial charge in [-0.25, -0.2) is 8.42 Å². The van der Waals surface area contributed by atoms with Gasteiger partial charge in [0.15, 0.2) is 0 Å². The van der Waals surface area contributed by atoms with E-state index in [2.05, 4.69) is 15.9 Å². The molecule has 14 heavy (non-hydrogen) atoms. The molecule has 7 heteroatoms. The Morgan fingerprint density at radius 3 is 2.29 bits per heavy atom. The summed E-state index contributed by atoms with van der Waals surface area (Å²) in [6, 6.07) is 0. The van der Waals surface area contributed by atoms with E-state index >= 15 is 0 Å². The quantitative estimate of drug-likeness (QED) is 0.674. The number of alkyl halides is 3. The van der Waals surface area contributed by atoms with Crippen molar-refractivity contribution in [1.29, 1.82) is 0 Å². The second-order valence-electron chi connectivity index (χ2n) is 2.75. The average molecular weight is 294 g/mol. The van der Waals surface area contributed by atoms with E-state index in [0.29, 0.717) is 11.8 Å². The minimum absolute atomic E-state index is 0.0900. The molecule has 0 aromatic rings. The zero-order chi connectivity index (χ0) is 11.2. The van der Waals surface area contributed by atoms with Crippen LogP contribution in [-0.2, 0) is 10.0 Å². The van der Waals surface area contributed by atoms with Crippen molar-refractivity contribution in [3.8, 4) is 0 Å². The fourth-order valence-corrected chi connectivity index (χ4v) is 2.53. The molecular weight excluding hydrogens is 280 g/mol. The molecule has 0 saturated carbocycles. The zero-order valence-electron chi connectivity index (χ0n) is 7.92. The number of hydrogen-bond donors (Lipinski definition) is 0. The molecule has 0 aliphatic heterocycles. The van der Waals surface area contributed by atoms with Crippen molar-refractivity contribution in [2.24, 2.45) is 0 Å². The monoisotopic (exact) mass is 293 g/mol. The Bertz CT molecular complexity index is 246. The van der Waals surface area contributed by atoms with Gasteiger partial charge in [-0.15, -0.1) is 0 Å². The van der Waals surface area contributed by atoms with Crippen molar-refractivity contribution in [3.63, 3.8) is 0 Å². The molecule has 0 fully saturated rings. The number of rotatable bonds is 7. The van der Waals surface area contributed by atoms with Crippen molar-refractivity contribution in [2.75, 3.05) is 18.4 Å². The van der Waals surface area contributed by atoms with Crippen LogP contribution >= 0.6 is 15.9 Å². The summed E-state index contributed by atoms with van der Waals surface area (Å²) in [5.74, 6) is -3.32. The predicted molar refractivity (Wildman–Crippen MR) is 55.2 cm³/mol. The molecule has 0 saturated heterocycles. The molecule has 0 bridgehead atoms. The van der Waals surface area contributed by atoms with Crippen molar-refractivity contribution >= 4 is 26.0 Å². The van der Waals surface area contributed by atoms with Crippen LogP contribution in [0.1, 0.15) is 19.8 Å². The first-order valence-electron chi connectivity index (χ1n) is 4.29. The first-order valence-corrected chi connectivity index (χ1v) is 6.92. The van der Waals surface area contributed by atoms with Gasteiger partial charge in [-0.2, -0.15) is 13.1 Å². The Labute approximate surface area is 91.6 Å². The van der Waals surface area contributed by atoms with Gasteiger partial charge in [-0.1, -0.05) is 29.3 Å². The van der Waals surface area contributed by atoms with Gasteiger partial charge in [-0.3, -0.25) is 0 Å². The van der Waals surface area contributed by atoms with E-state index in [0.717, 1.165) is 10.7 Å². The van der Waals surface area contributed by atoms with Gasteiger partial charge in [0.25, 0.3) is 10.0 Å². The van der Waals surface area contributed by atoms with Gasteiger partial charge in [-0.05, 0) is 6.42 Å². The highest BCUT2D eigenvalue weighted by Gasteiger charge is 2.30. The Hall–Kier alpha value is 0.250. The standard InChI is InChI=1S/C7H14BrF2NO2S/c1-2-3-5-11(6-4-8)14(12,13)7(9)10/h7H,2-6H2,1H3. The maximum Gasteiger partial charge on any atom is 0.350 e. The second kappa shape index (κ2) is 6.68. The SMILES string of the molecule is CCCCN(CCBr)S(=O)(=O)C(F)F. The summed E-state index contributed by atoms with van der Waals surface area (Å²) in [6.07, 6.45) is 1.37. The van der Waals surface area contributed by atoms with Crippen LogP contribution in [0.5, 0.6) is 0 Å². The fourth-order valence-electron chi connectivity index (χ4n) is 0.908. The van der Waals surface area contributed by atoms with Crippen molar-refractivity contribution in [3.05, 3.63) is 0 Å². The molecule has 0 aliphatic rings. The summed E-state index contributed by atoms with van der Waals surface area (Å²) < 4.78 is 47.3. The predicted octanol–water partition coefficient (Wildman–Crippen LogP) is 2.04. The maximum absolute atomic E-state index is 12.2. The third-order valence-corrected chi connectivity index (χ3v) is 3.57. The lowest BCUT2D eigenvalue weighted by Crippen LogP contribution is -2.37. The van der Waals surface area contributed by atoms with Crippen molar-refractivity contribution in [1.82, 2.24) is 4.31 Å². The average Bonchev–Trinajstić information content (AvgIpc) is 2.11. The molecule has 0 aromatic carbocycles. The Morgan fingerprint density at radius 2 is 1.93 bits per heavy atom. The lowest BCUT2D eigenvalue weighted by Gasteiger charge is -2.20. The van der Waals surface area contributed by atoms with Gasteiger partial charge in [0.05, 0.1) is 0 Å². The largest absolute Gasteiger partial charge is 0.350 e. The number of halogens is 3. The molecular formula is C7H14BrF2NO2S. The molecule has 0 rings (SSSR count). The lowest BCUT2D eigenvalue weighted by atomic mass is 10.3. The molecule has 0 amide bonds. The summed E-state index contributed by atoms with van der Waals surface area (Å²) in [4.78, 5) is 0. The number of unbranched alkanes of at least 4 members (excludes halogenated alkanes) is 1. The van der Waals surface area contributed by atoms with Crippen LogP contribution in [0.15, 0.2) is 0 Å². The highest BCUT2D eigenvalue weighted by molar-refractivity contribution is 9.09. The Kier molecular flexibility index (Phi) is 6.80. The number of hydrogen-bond acceptors (Lipinski definition) is 2. The molecule has 0 heterocycles. The van der Waals surface area contributed by atoms with E-state index in [4.69, 9.17) is 0 Å². The highest BCUT2D eigenvalue weighted by atomic mass is 79.9. The highest BCUT2D eigenvalue weighted by Crippen LogP contribution is 2.13. The summed E-state index contributed by atoms with van der Waals surface area (Å²) >= 11 is 3.03. The lowest BCUT2D eigenvalue weighted by molar-refractivity contribution is 0.219. The molecule has 0 unspecified atom stereocenters. The van der Waals surface area contributed by atoms with Crippen LogP contribution in [-0.4, -0.2) is 36.9 Å². The second-order valence-corrected chi connectivity index (χ2v) is 5.44. The first-order chi connectivity index (χ1) is 6.46. The Morgan fingerprint density at radius 1 is 1.36 bits per heavy atom. The molecule has 0 radical (unpaired) electrons. The van der Waals surface area contributed by atoms with E-state index in [-0.39, 0.29) is 13.1 Å². The fraction of sp³-hybridized carbons (Fsp3) is 1.00. The zero-order valence-corrected chi connectivity index (χ0v) is 10.3. The normalized spacial score (nSPS) is 12.7. The maximum atomic E-state index is 12.2. The summed E-state index contributed by atoms with van der Waals surface area (Å²) in [5.41, 5.74) is 0. The first kappa shape index (κ1) is 14.2. The van der Waals surface area contributed by atoms with E-state index in [1.807, 2.05) is 6.92 Å². The number of sulfonamides is 1. The van der Waals surface area contributed by atoms with E-state index < -0.39 is 15.8 Å². The van der Waals surface area contributed by atoms with Gasteiger partial charge in [0.2, 0.25) is 0 Å². The topological polar surface area (TPSA) is 37.4 Å². The van der Waals surface area contributed by atoms with Crippen LogP contribution in [0, 0.1) is 0 Å². The third kappa shape index (κ3) is 4.18. The van der Waals surface area contributed by atoms with Crippen LogP contribution in [0.4, 0.5) is 8.78 Å². The van der Waals surface area contributed by atoms with Crippen molar-refractivity contribution in [2.45, 2.75) is 25.5 Å². The van der Waals surface area contributed by atoms with Gasteiger partial charge in [0, 0.05) is 18.4 Å². The smallest absolute Gasteiger partial charge is 0.206 e. The molecule has 0 aromatic heterocycles. The molecule has 0 N–H and O–H groups in total. The minimum Gasteiger partial charge on any atom is -0.206 e. The Balaban J connectivity index is 4.47. The summed E-state index contributed by atoms with van der Waals surface area (Å²) in [6.45, 7) is 2.13. The van der Waals surface area contributed by atoms with Gasteiger partial charge < -0.3 is 0 Å². The molecule has 0 aliphatic carbocycles. The minimum atomic E-state index is -4.40. The summed E-state index contributed by atoms with van der Waals surface area (Å²) in [7, 11) is -4.40. The van der Waals surface area contributed by atoms with Crippen LogP contribution < -0.4 is 0 Å². The molecule has 86 valence electrons. The molecule has 0 atom stereocenters. The number of nitrogens with zero attached hydrogens (tertiary/aromatic N) is 1. The molecule has 0 spiro atoms. The van der Waals surface area contributed by atoms with Crippen molar-refractivity contribution < 1.29 is 17.2 Å². The van der Waals surface area contributed by atoms with Crippen LogP contribution in [0.3, 0.4) is 0 Å². The summed E-state index contributed by atoms with van der Waals surface area (Å²) in [5, 5.41) is 0.364. The van der Waals surface area contributed by atoms with Crippen LogP contribution in [0.2, 0.25) is 0 Å². The van der Waals surface area contributed by atoms with E-state index in [9.17, 15) is 17.2 Å². The van der Waals surface area contributed by atoms with E-state index in [1.165, 1.54) is 0 Å². The van der Waals surface area contributed by atoms with Crippen LogP contribution in [0.25, 0.3) is 0 Å². The van der Waals surface area contributed by atoms with E-state index in [1.54, 1.807) is 0 Å².